The molecule has 1 atom stereocenters. The molecule has 0 amide bonds. The average molecular weight is 203 g/mol. The lowest BCUT2D eigenvalue weighted by molar-refractivity contribution is 0.0883. The van der Waals surface area contributed by atoms with Crippen molar-refractivity contribution in [2.75, 3.05) is 18.5 Å². The predicted molar refractivity (Wildman–Crippen MR) is 62.4 cm³/mol. The predicted octanol–water partition coefficient (Wildman–Crippen LogP) is 2.59. The number of ketones is 1. The lowest BCUT2D eigenvalue weighted by Gasteiger charge is -2.34. The van der Waals surface area contributed by atoms with E-state index < -0.39 is 0 Å². The molecule has 2 rings (SSSR count). The molecule has 0 spiro atoms. The molecule has 0 radical (unpaired) electrons. The highest BCUT2D eigenvalue weighted by atomic mass is 16.1. The van der Waals surface area contributed by atoms with Crippen molar-refractivity contribution in [2.45, 2.75) is 13.8 Å². The Balaban J connectivity index is 2.44. The summed E-state index contributed by atoms with van der Waals surface area (Å²) < 4.78 is 0. The summed E-state index contributed by atoms with van der Waals surface area (Å²) >= 11 is 0. The first kappa shape index (κ1) is 10.2. The monoisotopic (exact) mass is 203 g/mol. The SMILES string of the molecule is CC(C)C1CN(C)c2ccccc2C1=O. The molecule has 1 aromatic carbocycles. The van der Waals surface area contributed by atoms with Crippen molar-refractivity contribution in [1.29, 1.82) is 0 Å². The van der Waals surface area contributed by atoms with Crippen LogP contribution >= 0.6 is 0 Å². The van der Waals surface area contributed by atoms with Crippen molar-refractivity contribution in [3.8, 4) is 0 Å². The number of carbonyl (C=O) groups is 1. The van der Waals surface area contributed by atoms with Crippen molar-refractivity contribution in [2.24, 2.45) is 11.8 Å². The molecule has 1 aliphatic heterocycles. The van der Waals surface area contributed by atoms with E-state index in [0.29, 0.717) is 11.7 Å². The molecule has 0 aliphatic carbocycles. The van der Waals surface area contributed by atoms with E-state index in [4.69, 9.17) is 0 Å². The summed E-state index contributed by atoms with van der Waals surface area (Å²) in [4.78, 5) is 14.4. The quantitative estimate of drug-likeness (QED) is 0.699. The number of rotatable bonds is 1. The number of carbonyl (C=O) groups excluding carboxylic acids is 1. The number of hydrogen-bond donors (Lipinski definition) is 0. The number of Topliss-reactive ketones (excluding diaryl/α,β-unsaturated/α-hetero) is 1. The Hall–Kier alpha value is -1.31. The van der Waals surface area contributed by atoms with Crippen LogP contribution in [0.3, 0.4) is 0 Å². The van der Waals surface area contributed by atoms with Crippen LogP contribution in [0, 0.1) is 11.8 Å². The number of para-hydroxylation sites is 1. The molecule has 1 aliphatic rings. The van der Waals surface area contributed by atoms with Crippen LogP contribution in [0.4, 0.5) is 5.69 Å². The zero-order valence-corrected chi connectivity index (χ0v) is 9.53. The molecular formula is C13H17NO. The third-order valence-corrected chi connectivity index (χ3v) is 3.19. The normalized spacial score (nSPS) is 20.7. The van der Waals surface area contributed by atoms with Crippen LogP contribution in [-0.2, 0) is 0 Å². The zero-order chi connectivity index (χ0) is 11.0. The van der Waals surface area contributed by atoms with Gasteiger partial charge in [0.15, 0.2) is 5.78 Å². The van der Waals surface area contributed by atoms with Gasteiger partial charge in [-0.25, -0.2) is 0 Å². The van der Waals surface area contributed by atoms with Gasteiger partial charge in [-0.3, -0.25) is 4.79 Å². The van der Waals surface area contributed by atoms with Gasteiger partial charge in [0, 0.05) is 30.8 Å². The van der Waals surface area contributed by atoms with E-state index in [-0.39, 0.29) is 5.92 Å². The van der Waals surface area contributed by atoms with Crippen molar-refractivity contribution in [3.63, 3.8) is 0 Å². The minimum Gasteiger partial charge on any atom is -0.373 e. The molecule has 0 saturated heterocycles. The van der Waals surface area contributed by atoms with Gasteiger partial charge in [-0.15, -0.1) is 0 Å². The summed E-state index contributed by atoms with van der Waals surface area (Å²) in [6.07, 6.45) is 0. The summed E-state index contributed by atoms with van der Waals surface area (Å²) in [7, 11) is 2.06. The molecule has 2 heteroatoms. The Morgan fingerprint density at radius 3 is 2.67 bits per heavy atom. The highest BCUT2D eigenvalue weighted by Crippen LogP contribution is 2.31. The van der Waals surface area contributed by atoms with E-state index in [1.165, 1.54) is 0 Å². The molecule has 1 heterocycles. The first-order valence-corrected chi connectivity index (χ1v) is 5.45. The van der Waals surface area contributed by atoms with Gasteiger partial charge in [-0.05, 0) is 18.1 Å². The van der Waals surface area contributed by atoms with Gasteiger partial charge in [0.2, 0.25) is 0 Å². The van der Waals surface area contributed by atoms with Crippen molar-refractivity contribution < 1.29 is 4.79 Å². The maximum absolute atomic E-state index is 12.2. The molecule has 2 nitrogen and oxygen atoms in total. The van der Waals surface area contributed by atoms with Crippen LogP contribution in [0.1, 0.15) is 24.2 Å². The Labute approximate surface area is 90.9 Å². The topological polar surface area (TPSA) is 20.3 Å². The van der Waals surface area contributed by atoms with Crippen LogP contribution < -0.4 is 4.90 Å². The van der Waals surface area contributed by atoms with Crippen molar-refractivity contribution in [1.82, 2.24) is 0 Å². The van der Waals surface area contributed by atoms with Crippen LogP contribution in [0.25, 0.3) is 0 Å². The number of benzene rings is 1. The highest BCUT2D eigenvalue weighted by molar-refractivity contribution is 6.04. The Kier molecular flexibility index (Phi) is 2.51. The molecule has 1 aromatic rings. The van der Waals surface area contributed by atoms with Crippen LogP contribution in [-0.4, -0.2) is 19.4 Å². The van der Waals surface area contributed by atoms with Gasteiger partial charge in [-0.1, -0.05) is 26.0 Å². The van der Waals surface area contributed by atoms with E-state index in [2.05, 4.69) is 25.8 Å². The molecule has 80 valence electrons. The number of fused-ring (bicyclic) bond motifs is 1. The second-order valence-corrected chi connectivity index (χ2v) is 4.61. The average Bonchev–Trinajstić information content (AvgIpc) is 2.23. The molecule has 0 bridgehead atoms. The molecule has 0 fully saturated rings. The van der Waals surface area contributed by atoms with Crippen molar-refractivity contribution in [3.05, 3.63) is 29.8 Å². The Morgan fingerprint density at radius 1 is 1.33 bits per heavy atom. The molecule has 0 N–H and O–H groups in total. The van der Waals surface area contributed by atoms with E-state index in [1.807, 2.05) is 24.3 Å². The number of anilines is 1. The van der Waals surface area contributed by atoms with E-state index in [9.17, 15) is 4.79 Å². The highest BCUT2D eigenvalue weighted by Gasteiger charge is 2.31. The molecule has 0 aromatic heterocycles. The van der Waals surface area contributed by atoms with Gasteiger partial charge in [0.25, 0.3) is 0 Å². The largest absolute Gasteiger partial charge is 0.373 e. The fourth-order valence-corrected chi connectivity index (χ4v) is 2.20. The summed E-state index contributed by atoms with van der Waals surface area (Å²) in [6, 6.07) is 7.87. The fraction of sp³-hybridized carbons (Fsp3) is 0.462. The number of hydrogen-bond acceptors (Lipinski definition) is 2. The van der Waals surface area contributed by atoms with E-state index in [0.717, 1.165) is 17.8 Å². The second-order valence-electron chi connectivity index (χ2n) is 4.61. The third kappa shape index (κ3) is 1.65. The van der Waals surface area contributed by atoms with Gasteiger partial charge in [0.05, 0.1) is 0 Å². The maximum atomic E-state index is 12.2. The summed E-state index contributed by atoms with van der Waals surface area (Å²) in [5.41, 5.74) is 1.95. The second kappa shape index (κ2) is 3.69. The zero-order valence-electron chi connectivity index (χ0n) is 9.53. The number of nitrogens with zero attached hydrogens (tertiary/aromatic N) is 1. The summed E-state index contributed by atoms with van der Waals surface area (Å²) in [5, 5.41) is 0. The Morgan fingerprint density at radius 2 is 2.00 bits per heavy atom. The van der Waals surface area contributed by atoms with Gasteiger partial charge >= 0.3 is 0 Å². The Bertz CT molecular complexity index is 384. The standard InChI is InChI=1S/C13H17NO/c1-9(2)11-8-14(3)12-7-5-4-6-10(12)13(11)15/h4-7,9,11H,8H2,1-3H3. The van der Waals surface area contributed by atoms with E-state index >= 15 is 0 Å². The first-order valence-electron chi connectivity index (χ1n) is 5.45. The smallest absolute Gasteiger partial charge is 0.170 e. The lowest BCUT2D eigenvalue weighted by Crippen LogP contribution is -2.39. The van der Waals surface area contributed by atoms with Crippen LogP contribution in [0.15, 0.2) is 24.3 Å². The van der Waals surface area contributed by atoms with Crippen molar-refractivity contribution >= 4 is 11.5 Å². The van der Waals surface area contributed by atoms with Crippen LogP contribution in [0.5, 0.6) is 0 Å². The molecule has 1 unspecified atom stereocenters. The minimum atomic E-state index is 0.143. The van der Waals surface area contributed by atoms with Gasteiger partial charge in [0.1, 0.15) is 0 Å². The van der Waals surface area contributed by atoms with E-state index in [1.54, 1.807) is 0 Å². The third-order valence-electron chi connectivity index (χ3n) is 3.19. The van der Waals surface area contributed by atoms with Crippen LogP contribution in [0.2, 0.25) is 0 Å². The molecule has 0 saturated carbocycles. The summed E-state index contributed by atoms with van der Waals surface area (Å²) in [6.45, 7) is 5.07. The van der Waals surface area contributed by atoms with Gasteiger partial charge in [-0.2, -0.15) is 0 Å². The van der Waals surface area contributed by atoms with Gasteiger partial charge < -0.3 is 4.90 Å². The lowest BCUT2D eigenvalue weighted by atomic mass is 9.84. The molecular weight excluding hydrogens is 186 g/mol. The minimum absolute atomic E-state index is 0.143. The fourth-order valence-electron chi connectivity index (χ4n) is 2.20. The first-order chi connectivity index (χ1) is 7.11. The summed E-state index contributed by atoms with van der Waals surface area (Å²) in [5.74, 6) is 0.858. The molecule has 15 heavy (non-hydrogen) atoms. The maximum Gasteiger partial charge on any atom is 0.170 e.